The Morgan fingerprint density at radius 1 is 0.613 bits per heavy atom. The molecule has 31 heavy (non-hydrogen) atoms. The zero-order chi connectivity index (χ0) is 20.6. The summed E-state index contributed by atoms with van der Waals surface area (Å²) in [5.74, 6) is 0. The molecule has 0 N–H and O–H groups in total. The fourth-order valence-electron chi connectivity index (χ4n) is 4.66. The average Bonchev–Trinajstić information content (AvgIpc) is 3.29. The van der Waals surface area contributed by atoms with E-state index in [4.69, 9.17) is 5.10 Å². The standard InChI is InChI=1S/C29H22N2/c1-2-13-25(14-3-1)31-29(27-16-8-12-22-10-6-7-15-26(22)27)20-28(30-31)24-18-17-21-9-4-5-11-23(21)19-24/h1-19,29H,20H2. The molecule has 0 bridgehead atoms. The number of hydrogen-bond acceptors (Lipinski definition) is 2. The van der Waals surface area contributed by atoms with Crippen LogP contribution in [0.3, 0.4) is 0 Å². The van der Waals surface area contributed by atoms with Gasteiger partial charge in [0.1, 0.15) is 0 Å². The van der Waals surface area contributed by atoms with Crippen molar-refractivity contribution in [2.24, 2.45) is 5.10 Å². The van der Waals surface area contributed by atoms with Crippen LogP contribution in [0.2, 0.25) is 0 Å². The van der Waals surface area contributed by atoms with Crippen LogP contribution >= 0.6 is 0 Å². The molecule has 0 aliphatic carbocycles. The van der Waals surface area contributed by atoms with Crippen molar-refractivity contribution in [1.82, 2.24) is 0 Å². The first-order valence-electron chi connectivity index (χ1n) is 10.8. The average molecular weight is 399 g/mol. The quantitative estimate of drug-likeness (QED) is 0.310. The molecule has 1 atom stereocenters. The number of rotatable bonds is 3. The summed E-state index contributed by atoms with van der Waals surface area (Å²) in [4.78, 5) is 0. The van der Waals surface area contributed by atoms with Crippen LogP contribution in [0.25, 0.3) is 21.5 Å². The van der Waals surface area contributed by atoms with E-state index in [-0.39, 0.29) is 6.04 Å². The molecule has 2 heteroatoms. The van der Waals surface area contributed by atoms with Crippen LogP contribution in [0.1, 0.15) is 23.6 Å². The number of fused-ring (bicyclic) bond motifs is 2. The lowest BCUT2D eigenvalue weighted by atomic mass is 9.93. The molecular weight excluding hydrogens is 376 g/mol. The first-order valence-corrected chi connectivity index (χ1v) is 10.8. The molecule has 6 rings (SSSR count). The van der Waals surface area contributed by atoms with E-state index in [1.807, 2.05) is 0 Å². The first kappa shape index (κ1) is 17.9. The van der Waals surface area contributed by atoms with Crippen LogP contribution in [-0.4, -0.2) is 5.71 Å². The van der Waals surface area contributed by atoms with Gasteiger partial charge in [-0.25, -0.2) is 0 Å². The lowest BCUT2D eigenvalue weighted by Gasteiger charge is -2.25. The van der Waals surface area contributed by atoms with Gasteiger partial charge in [0.15, 0.2) is 0 Å². The number of benzene rings is 5. The van der Waals surface area contributed by atoms with Gasteiger partial charge in [-0.2, -0.15) is 5.10 Å². The number of hydrogen-bond donors (Lipinski definition) is 0. The Morgan fingerprint density at radius 3 is 2.19 bits per heavy atom. The summed E-state index contributed by atoms with van der Waals surface area (Å²) in [6.07, 6.45) is 0.876. The van der Waals surface area contributed by atoms with Crippen molar-refractivity contribution in [2.75, 3.05) is 5.01 Å². The molecule has 2 nitrogen and oxygen atoms in total. The van der Waals surface area contributed by atoms with E-state index in [1.54, 1.807) is 0 Å². The molecule has 5 aromatic carbocycles. The van der Waals surface area contributed by atoms with Crippen LogP contribution < -0.4 is 5.01 Å². The maximum atomic E-state index is 5.15. The minimum Gasteiger partial charge on any atom is -0.257 e. The Labute approximate surface area is 182 Å². The third-order valence-corrected chi connectivity index (χ3v) is 6.20. The molecule has 1 heterocycles. The van der Waals surface area contributed by atoms with Crippen molar-refractivity contribution in [1.29, 1.82) is 0 Å². The number of para-hydroxylation sites is 1. The highest BCUT2D eigenvalue weighted by molar-refractivity contribution is 6.06. The smallest absolute Gasteiger partial charge is 0.0837 e. The third-order valence-electron chi connectivity index (χ3n) is 6.20. The van der Waals surface area contributed by atoms with E-state index in [9.17, 15) is 0 Å². The van der Waals surface area contributed by atoms with Crippen molar-refractivity contribution in [2.45, 2.75) is 12.5 Å². The fraction of sp³-hybridized carbons (Fsp3) is 0.0690. The second-order valence-corrected chi connectivity index (χ2v) is 8.08. The van der Waals surface area contributed by atoms with Gasteiger partial charge in [0.25, 0.3) is 0 Å². The van der Waals surface area contributed by atoms with Crippen LogP contribution in [0.15, 0.2) is 120 Å². The molecule has 0 fully saturated rings. The van der Waals surface area contributed by atoms with Crippen molar-refractivity contribution in [3.8, 4) is 0 Å². The molecular formula is C29H22N2. The molecule has 1 aliphatic heterocycles. The van der Waals surface area contributed by atoms with E-state index in [2.05, 4.69) is 120 Å². The van der Waals surface area contributed by atoms with Crippen molar-refractivity contribution < 1.29 is 0 Å². The van der Waals surface area contributed by atoms with Crippen LogP contribution in [0.5, 0.6) is 0 Å². The van der Waals surface area contributed by atoms with E-state index >= 15 is 0 Å². The lowest BCUT2D eigenvalue weighted by Crippen LogP contribution is -2.18. The molecule has 0 radical (unpaired) electrons. The summed E-state index contributed by atoms with van der Waals surface area (Å²) in [6.45, 7) is 0. The van der Waals surface area contributed by atoms with Crippen LogP contribution in [0.4, 0.5) is 5.69 Å². The van der Waals surface area contributed by atoms with Gasteiger partial charge in [0.05, 0.1) is 17.4 Å². The summed E-state index contributed by atoms with van der Waals surface area (Å²) >= 11 is 0. The largest absolute Gasteiger partial charge is 0.257 e. The maximum Gasteiger partial charge on any atom is 0.0837 e. The predicted molar refractivity (Wildman–Crippen MR) is 131 cm³/mol. The van der Waals surface area contributed by atoms with Gasteiger partial charge >= 0.3 is 0 Å². The van der Waals surface area contributed by atoms with Gasteiger partial charge in [-0.3, -0.25) is 5.01 Å². The van der Waals surface area contributed by atoms with Gasteiger partial charge in [-0.1, -0.05) is 97.1 Å². The summed E-state index contributed by atoms with van der Waals surface area (Å²) in [5, 5.41) is 12.4. The zero-order valence-electron chi connectivity index (χ0n) is 17.1. The van der Waals surface area contributed by atoms with Gasteiger partial charge in [0, 0.05) is 6.42 Å². The number of nitrogens with zero attached hydrogens (tertiary/aromatic N) is 2. The molecule has 0 saturated heterocycles. The molecule has 1 aliphatic rings. The molecule has 0 amide bonds. The molecule has 1 unspecified atom stereocenters. The number of anilines is 1. The summed E-state index contributed by atoms with van der Waals surface area (Å²) in [5.41, 5.74) is 4.77. The van der Waals surface area contributed by atoms with Gasteiger partial charge in [-0.15, -0.1) is 0 Å². The van der Waals surface area contributed by atoms with E-state index in [0.29, 0.717) is 0 Å². The van der Waals surface area contributed by atoms with Crippen molar-refractivity contribution in [3.63, 3.8) is 0 Å². The molecule has 148 valence electrons. The minimum absolute atomic E-state index is 0.162. The molecule has 0 spiro atoms. The number of hydrazone groups is 1. The highest BCUT2D eigenvalue weighted by Gasteiger charge is 2.31. The predicted octanol–water partition coefficient (Wildman–Crippen LogP) is 7.35. The molecule has 5 aromatic rings. The highest BCUT2D eigenvalue weighted by atomic mass is 15.5. The van der Waals surface area contributed by atoms with E-state index < -0.39 is 0 Å². The lowest BCUT2D eigenvalue weighted by molar-refractivity contribution is 0.714. The van der Waals surface area contributed by atoms with E-state index in [0.717, 1.165) is 17.8 Å². The summed E-state index contributed by atoms with van der Waals surface area (Å²) < 4.78 is 0. The first-order chi connectivity index (χ1) is 15.4. The monoisotopic (exact) mass is 398 g/mol. The topological polar surface area (TPSA) is 15.6 Å². The van der Waals surface area contributed by atoms with E-state index in [1.165, 1.54) is 32.7 Å². The normalized spacial score (nSPS) is 16.1. The second kappa shape index (κ2) is 7.41. The Kier molecular flexibility index (Phi) is 4.28. The maximum absolute atomic E-state index is 5.15. The second-order valence-electron chi connectivity index (χ2n) is 8.08. The SMILES string of the molecule is c1ccc(N2N=C(c3ccc4ccccc4c3)CC2c2cccc3ccccc23)cc1. The van der Waals surface area contributed by atoms with Crippen LogP contribution in [-0.2, 0) is 0 Å². The molecule has 0 saturated carbocycles. The summed E-state index contributed by atoms with van der Waals surface area (Å²) in [6, 6.07) is 41.1. The summed E-state index contributed by atoms with van der Waals surface area (Å²) in [7, 11) is 0. The van der Waals surface area contributed by atoms with Gasteiger partial charge in [0.2, 0.25) is 0 Å². The Morgan fingerprint density at radius 2 is 1.32 bits per heavy atom. The molecule has 0 aromatic heterocycles. The fourth-order valence-corrected chi connectivity index (χ4v) is 4.66. The van der Waals surface area contributed by atoms with Crippen molar-refractivity contribution >= 4 is 32.9 Å². The zero-order valence-corrected chi connectivity index (χ0v) is 17.1. The highest BCUT2D eigenvalue weighted by Crippen LogP contribution is 2.39. The van der Waals surface area contributed by atoms with Crippen LogP contribution in [0, 0.1) is 0 Å². The Hall–Kier alpha value is -3.91. The van der Waals surface area contributed by atoms with Gasteiger partial charge in [-0.05, 0) is 50.9 Å². The third kappa shape index (κ3) is 3.17. The van der Waals surface area contributed by atoms with Crippen molar-refractivity contribution in [3.05, 3.63) is 126 Å². The Balaban J connectivity index is 1.48. The Bertz CT molecular complexity index is 1410. The van der Waals surface area contributed by atoms with Gasteiger partial charge < -0.3 is 0 Å². The minimum atomic E-state index is 0.162.